The van der Waals surface area contributed by atoms with Crippen LogP contribution in [-0.2, 0) is 32.0 Å². The Hall–Kier alpha value is -4.70. The number of carbonyl (C=O) groups excluding carboxylic acids is 3. The minimum atomic E-state index is -1.63. The number of rotatable bonds is 16. The number of aliphatic carboxylic acids is 1. The maximum Gasteiger partial charge on any atom is 0.328 e. The van der Waals surface area contributed by atoms with E-state index >= 15 is 0 Å². The number of amides is 3. The van der Waals surface area contributed by atoms with Crippen LogP contribution in [0.5, 0.6) is 5.75 Å². The lowest BCUT2D eigenvalue weighted by molar-refractivity contribution is -0.145. The monoisotopic (exact) mass is 575 g/mol. The molecule has 0 aliphatic heterocycles. The lowest BCUT2D eigenvalue weighted by atomic mass is 10.0. The van der Waals surface area contributed by atoms with E-state index in [0.29, 0.717) is 17.7 Å². The summed E-state index contributed by atoms with van der Waals surface area (Å²) in [6.45, 7) is 1.46. The molecule has 1 aromatic heterocycles. The zero-order chi connectivity index (χ0) is 30.5. The number of aliphatic imine (C=N–C) groups is 1. The second kappa shape index (κ2) is 15.8. The van der Waals surface area contributed by atoms with E-state index in [-0.39, 0.29) is 37.5 Å². The number of aliphatic hydroxyl groups is 1. The summed E-state index contributed by atoms with van der Waals surface area (Å²) in [5.41, 5.74) is 17.6. The lowest BCUT2D eigenvalue weighted by Gasteiger charge is -2.25. The summed E-state index contributed by atoms with van der Waals surface area (Å²) in [6.07, 6.45) is 1.86. The standard InChI is InChI=1S/C25H37N9O7/c1-13(35)20(24(40)41)34-23(39)19(10-15-11-29-12-31-15)33-22(38)18(9-14-4-6-16(36)7-5-14)32-21(37)17(26)3-2-8-30-25(27)28/h4-7,11-13,17-20,35-36H,2-3,8-10,26H2,1H3,(H,29,31)(H,32,37)(H,33,38)(H,34,39)(H,40,41)(H4,27,28,30). The van der Waals surface area contributed by atoms with Gasteiger partial charge in [0.05, 0.1) is 18.5 Å². The van der Waals surface area contributed by atoms with Gasteiger partial charge in [-0.05, 0) is 37.5 Å². The molecule has 0 aliphatic rings. The third-order valence-corrected chi connectivity index (χ3v) is 5.97. The number of phenols is 1. The van der Waals surface area contributed by atoms with Crippen molar-refractivity contribution in [2.24, 2.45) is 22.2 Å². The fourth-order valence-electron chi connectivity index (χ4n) is 3.75. The highest BCUT2D eigenvalue weighted by molar-refractivity contribution is 5.94. The predicted octanol–water partition coefficient (Wildman–Crippen LogP) is -2.80. The van der Waals surface area contributed by atoms with Crippen molar-refractivity contribution in [3.05, 3.63) is 48.0 Å². The molecule has 41 heavy (non-hydrogen) atoms. The number of aliphatic hydroxyl groups excluding tert-OH is 1. The van der Waals surface area contributed by atoms with Crippen LogP contribution in [0.1, 0.15) is 31.0 Å². The average Bonchev–Trinajstić information content (AvgIpc) is 3.42. The first-order valence-corrected chi connectivity index (χ1v) is 12.8. The predicted molar refractivity (Wildman–Crippen MR) is 147 cm³/mol. The molecule has 5 atom stereocenters. The molecule has 16 heteroatoms. The van der Waals surface area contributed by atoms with Crippen LogP contribution in [0.15, 0.2) is 41.8 Å². The molecule has 2 aromatic rings. The minimum Gasteiger partial charge on any atom is -0.508 e. The van der Waals surface area contributed by atoms with Crippen molar-refractivity contribution in [1.82, 2.24) is 25.9 Å². The molecule has 224 valence electrons. The van der Waals surface area contributed by atoms with E-state index in [1.165, 1.54) is 31.6 Å². The smallest absolute Gasteiger partial charge is 0.328 e. The Bertz CT molecular complexity index is 1180. The van der Waals surface area contributed by atoms with Crippen LogP contribution in [0, 0.1) is 0 Å². The van der Waals surface area contributed by atoms with Gasteiger partial charge in [0.2, 0.25) is 17.7 Å². The highest BCUT2D eigenvalue weighted by Crippen LogP contribution is 2.12. The van der Waals surface area contributed by atoms with Gasteiger partial charge in [-0.3, -0.25) is 19.4 Å². The van der Waals surface area contributed by atoms with E-state index in [9.17, 15) is 34.5 Å². The highest BCUT2D eigenvalue weighted by Gasteiger charge is 2.32. The second-order valence-electron chi connectivity index (χ2n) is 9.39. The van der Waals surface area contributed by atoms with E-state index in [0.717, 1.165) is 0 Å². The lowest BCUT2D eigenvalue weighted by Crippen LogP contribution is -2.59. The van der Waals surface area contributed by atoms with Gasteiger partial charge < -0.3 is 53.5 Å². The number of nitrogens with zero attached hydrogens (tertiary/aromatic N) is 2. The first-order chi connectivity index (χ1) is 19.4. The van der Waals surface area contributed by atoms with Crippen molar-refractivity contribution in [2.45, 2.75) is 62.9 Å². The first kappa shape index (κ1) is 32.5. The zero-order valence-corrected chi connectivity index (χ0v) is 22.5. The Morgan fingerprint density at radius 3 is 2.17 bits per heavy atom. The van der Waals surface area contributed by atoms with Crippen molar-refractivity contribution >= 4 is 29.7 Å². The molecule has 1 heterocycles. The summed E-state index contributed by atoms with van der Waals surface area (Å²) < 4.78 is 0. The number of hydrogen-bond acceptors (Lipinski definition) is 9. The molecule has 0 aliphatic carbocycles. The summed E-state index contributed by atoms with van der Waals surface area (Å²) in [5.74, 6) is -3.83. The van der Waals surface area contributed by atoms with Gasteiger partial charge >= 0.3 is 5.97 Å². The summed E-state index contributed by atoms with van der Waals surface area (Å²) >= 11 is 0. The normalized spacial score (nSPS) is 14.5. The van der Waals surface area contributed by atoms with Crippen molar-refractivity contribution in [3.63, 3.8) is 0 Å². The van der Waals surface area contributed by atoms with Gasteiger partial charge in [0, 0.05) is 31.3 Å². The number of nitrogens with two attached hydrogens (primary N) is 3. The van der Waals surface area contributed by atoms with E-state index in [2.05, 4.69) is 30.9 Å². The van der Waals surface area contributed by atoms with Crippen molar-refractivity contribution < 1.29 is 34.5 Å². The number of guanidine groups is 1. The number of aromatic amines is 1. The van der Waals surface area contributed by atoms with E-state index in [1.54, 1.807) is 12.1 Å². The van der Waals surface area contributed by atoms with Crippen LogP contribution in [0.2, 0.25) is 0 Å². The topological polar surface area (TPSA) is 284 Å². The average molecular weight is 576 g/mol. The van der Waals surface area contributed by atoms with Gasteiger partial charge in [0.15, 0.2) is 12.0 Å². The third kappa shape index (κ3) is 11.1. The summed E-state index contributed by atoms with van der Waals surface area (Å²) in [7, 11) is 0. The van der Waals surface area contributed by atoms with Crippen molar-refractivity contribution in [1.29, 1.82) is 0 Å². The van der Waals surface area contributed by atoms with Crippen LogP contribution < -0.4 is 33.2 Å². The molecule has 0 spiro atoms. The molecule has 5 unspecified atom stereocenters. The van der Waals surface area contributed by atoms with Gasteiger partial charge in [0.1, 0.15) is 17.8 Å². The SMILES string of the molecule is CC(O)C(NC(=O)C(Cc1cnc[nH]1)NC(=O)C(Cc1ccc(O)cc1)NC(=O)C(N)CCCN=C(N)N)C(=O)O. The van der Waals surface area contributed by atoms with E-state index in [4.69, 9.17) is 17.2 Å². The molecule has 0 fully saturated rings. The molecule has 16 nitrogen and oxygen atoms in total. The second-order valence-corrected chi connectivity index (χ2v) is 9.39. The van der Waals surface area contributed by atoms with Crippen molar-refractivity contribution in [3.8, 4) is 5.75 Å². The fourth-order valence-corrected chi connectivity index (χ4v) is 3.75. The molecule has 0 bridgehead atoms. The van der Waals surface area contributed by atoms with Crippen LogP contribution in [0.25, 0.3) is 0 Å². The van der Waals surface area contributed by atoms with Crippen LogP contribution in [0.4, 0.5) is 0 Å². The van der Waals surface area contributed by atoms with Crippen LogP contribution >= 0.6 is 0 Å². The molecule has 0 radical (unpaired) electrons. The quantitative estimate of drug-likeness (QED) is 0.0554. The number of carboxylic acid groups (broad SMARTS) is 1. The minimum absolute atomic E-state index is 0.00368. The van der Waals surface area contributed by atoms with Gasteiger partial charge in [-0.15, -0.1) is 0 Å². The summed E-state index contributed by atoms with van der Waals surface area (Å²) in [6, 6.07) is 0.809. The number of aromatic nitrogens is 2. The Kier molecular flexibility index (Phi) is 12.5. The van der Waals surface area contributed by atoms with Crippen LogP contribution in [-0.4, -0.2) is 91.8 Å². The molecular formula is C25H37N9O7. The number of carbonyl (C=O) groups is 4. The molecule has 0 saturated carbocycles. The number of aromatic hydroxyl groups is 1. The summed E-state index contributed by atoms with van der Waals surface area (Å²) in [5, 5.41) is 36.1. The molecule has 0 saturated heterocycles. The molecule has 1 aromatic carbocycles. The van der Waals surface area contributed by atoms with Gasteiger partial charge in [0.25, 0.3) is 0 Å². The Morgan fingerprint density at radius 2 is 1.61 bits per heavy atom. The molecule has 2 rings (SSSR count). The number of H-pyrrole nitrogens is 1. The van der Waals surface area contributed by atoms with Gasteiger partial charge in [-0.25, -0.2) is 9.78 Å². The maximum atomic E-state index is 13.5. The molecule has 13 N–H and O–H groups in total. The Morgan fingerprint density at radius 1 is 1.00 bits per heavy atom. The van der Waals surface area contributed by atoms with E-state index in [1.807, 2.05) is 0 Å². The zero-order valence-electron chi connectivity index (χ0n) is 22.5. The first-order valence-electron chi connectivity index (χ1n) is 12.8. The number of nitrogens with one attached hydrogen (secondary N) is 4. The number of imidazole rings is 1. The van der Waals surface area contributed by atoms with Crippen LogP contribution in [0.3, 0.4) is 0 Å². The van der Waals surface area contributed by atoms with E-state index < -0.39 is 54.0 Å². The largest absolute Gasteiger partial charge is 0.508 e. The molecular weight excluding hydrogens is 538 g/mol. The molecule has 3 amide bonds. The Balaban J connectivity index is 2.24. The number of phenolic OH excluding ortho intramolecular Hbond substituents is 1. The number of hydrogen-bond donors (Lipinski definition) is 10. The highest BCUT2D eigenvalue weighted by atomic mass is 16.4. The number of carboxylic acids is 1. The summed E-state index contributed by atoms with van der Waals surface area (Å²) in [4.78, 5) is 61.4. The third-order valence-electron chi connectivity index (χ3n) is 5.97. The number of benzene rings is 1. The van der Waals surface area contributed by atoms with Gasteiger partial charge in [-0.2, -0.15) is 0 Å². The van der Waals surface area contributed by atoms with Gasteiger partial charge in [-0.1, -0.05) is 12.1 Å². The fraction of sp³-hybridized carbons (Fsp3) is 0.440. The maximum absolute atomic E-state index is 13.5. The van der Waals surface area contributed by atoms with Crippen molar-refractivity contribution in [2.75, 3.05) is 6.54 Å². The Labute approximate surface area is 235 Å².